The van der Waals surface area contributed by atoms with Gasteiger partial charge in [-0.25, -0.2) is 9.18 Å². The van der Waals surface area contributed by atoms with Crippen LogP contribution in [-0.4, -0.2) is 70.7 Å². The van der Waals surface area contributed by atoms with E-state index in [0.717, 1.165) is 10.9 Å². The second kappa shape index (κ2) is 8.84. The summed E-state index contributed by atoms with van der Waals surface area (Å²) in [5, 5.41) is 9.71. The summed E-state index contributed by atoms with van der Waals surface area (Å²) in [5.74, 6) is 0.140. The first-order chi connectivity index (χ1) is 13.6. The van der Waals surface area contributed by atoms with Crippen molar-refractivity contribution in [3.05, 3.63) is 17.5 Å². The summed E-state index contributed by atoms with van der Waals surface area (Å²) in [6.07, 6.45) is -1.48. The minimum absolute atomic E-state index is 0.0316. The van der Waals surface area contributed by atoms with E-state index in [2.05, 4.69) is 29.6 Å². The number of fused-ring (bicyclic) bond motifs is 1. The Balaban J connectivity index is 1.75. The van der Waals surface area contributed by atoms with Gasteiger partial charge in [0.2, 0.25) is 11.2 Å². The highest BCUT2D eigenvalue weighted by molar-refractivity contribution is 6.76. The molecule has 1 amide bonds. The molecule has 1 fully saturated rings. The number of carbonyl (C=O) groups is 1. The summed E-state index contributed by atoms with van der Waals surface area (Å²) in [4.78, 5) is 20.7. The first-order valence-corrected chi connectivity index (χ1v) is 13.6. The fourth-order valence-corrected chi connectivity index (χ4v) is 3.98. The van der Waals surface area contributed by atoms with Crippen LogP contribution >= 0.6 is 11.6 Å². The topological polar surface area (TPSA) is 89.7 Å². The lowest BCUT2D eigenvalue weighted by Gasteiger charge is -2.33. The molecule has 1 N–H and O–H groups in total. The van der Waals surface area contributed by atoms with Crippen LogP contribution in [-0.2, 0) is 11.5 Å². The van der Waals surface area contributed by atoms with Gasteiger partial charge in [0.1, 0.15) is 19.0 Å². The highest BCUT2D eigenvalue weighted by atomic mass is 35.5. The van der Waals surface area contributed by atoms with Crippen LogP contribution in [0.2, 0.25) is 31.0 Å². The molecule has 0 aliphatic carbocycles. The average Bonchev–Trinajstić information content (AvgIpc) is 3.02. The first-order valence-electron chi connectivity index (χ1n) is 9.53. The number of piperidine rings is 1. The Labute approximate surface area is 174 Å². The molecule has 2 aromatic heterocycles. The lowest BCUT2D eigenvalue weighted by molar-refractivity contribution is 0.0214. The van der Waals surface area contributed by atoms with E-state index in [1.54, 1.807) is 16.8 Å². The molecule has 0 spiro atoms. The van der Waals surface area contributed by atoms with Crippen LogP contribution in [0.25, 0.3) is 11.0 Å². The van der Waals surface area contributed by atoms with E-state index in [-0.39, 0.29) is 30.7 Å². The largest absolute Gasteiger partial charge is 0.469 e. The SMILES string of the molecule is C[Si](C)(C)CCOCn1ccc2c(O[C@@H]3CN(C(=O)O)CC[C@@H]3F)nc(Cl)nc21. The minimum atomic E-state index is -1.29. The first kappa shape index (κ1) is 21.8. The highest BCUT2D eigenvalue weighted by Crippen LogP contribution is 2.28. The summed E-state index contributed by atoms with van der Waals surface area (Å²) < 4.78 is 27.7. The zero-order chi connectivity index (χ0) is 21.2. The van der Waals surface area contributed by atoms with Gasteiger partial charge in [0.25, 0.3) is 0 Å². The molecule has 0 saturated carbocycles. The molecular formula is C18H26ClFN4O4Si. The van der Waals surface area contributed by atoms with Gasteiger partial charge >= 0.3 is 6.09 Å². The van der Waals surface area contributed by atoms with Gasteiger partial charge in [0.15, 0.2) is 5.65 Å². The minimum Gasteiger partial charge on any atom is -0.469 e. The molecule has 1 aliphatic rings. The lowest BCUT2D eigenvalue weighted by Crippen LogP contribution is -2.49. The fraction of sp³-hybridized carbons (Fsp3) is 0.611. The van der Waals surface area contributed by atoms with Gasteiger partial charge in [0, 0.05) is 33.8 Å². The van der Waals surface area contributed by atoms with Crippen molar-refractivity contribution in [2.24, 2.45) is 0 Å². The third kappa shape index (κ3) is 5.58. The number of halogens is 2. The van der Waals surface area contributed by atoms with Crippen molar-refractivity contribution in [3.8, 4) is 5.88 Å². The monoisotopic (exact) mass is 444 g/mol. The number of alkyl halides is 1. The maximum Gasteiger partial charge on any atom is 0.407 e. The highest BCUT2D eigenvalue weighted by Gasteiger charge is 2.34. The number of hydrogen-bond acceptors (Lipinski definition) is 5. The summed E-state index contributed by atoms with van der Waals surface area (Å²) >= 11 is 6.06. The Hall–Kier alpha value is -1.91. The van der Waals surface area contributed by atoms with Crippen molar-refractivity contribution >= 4 is 36.8 Å². The molecule has 2 aromatic rings. The van der Waals surface area contributed by atoms with E-state index in [4.69, 9.17) is 26.2 Å². The Morgan fingerprint density at radius 3 is 2.86 bits per heavy atom. The summed E-state index contributed by atoms with van der Waals surface area (Å²) in [5.41, 5.74) is 0.523. The summed E-state index contributed by atoms with van der Waals surface area (Å²) in [6.45, 7) is 7.89. The number of hydrogen-bond donors (Lipinski definition) is 1. The van der Waals surface area contributed by atoms with Gasteiger partial charge in [-0.15, -0.1) is 0 Å². The maximum absolute atomic E-state index is 14.3. The Morgan fingerprint density at radius 2 is 2.17 bits per heavy atom. The van der Waals surface area contributed by atoms with Crippen LogP contribution < -0.4 is 4.74 Å². The number of nitrogens with zero attached hydrogens (tertiary/aromatic N) is 4. The van der Waals surface area contributed by atoms with Crippen molar-refractivity contribution in [1.82, 2.24) is 19.4 Å². The van der Waals surface area contributed by atoms with Crippen LogP contribution in [0.3, 0.4) is 0 Å². The van der Waals surface area contributed by atoms with Crippen LogP contribution in [0.5, 0.6) is 5.88 Å². The fourth-order valence-electron chi connectivity index (χ4n) is 3.06. The zero-order valence-corrected chi connectivity index (χ0v) is 18.5. The lowest BCUT2D eigenvalue weighted by atomic mass is 10.1. The number of carboxylic acid groups (broad SMARTS) is 1. The third-order valence-electron chi connectivity index (χ3n) is 4.80. The van der Waals surface area contributed by atoms with E-state index in [0.29, 0.717) is 24.4 Å². The van der Waals surface area contributed by atoms with Crippen LogP contribution in [0.4, 0.5) is 9.18 Å². The predicted molar refractivity (Wildman–Crippen MR) is 110 cm³/mol. The Morgan fingerprint density at radius 1 is 1.41 bits per heavy atom. The van der Waals surface area contributed by atoms with E-state index in [1.165, 1.54) is 0 Å². The van der Waals surface area contributed by atoms with E-state index >= 15 is 0 Å². The smallest absolute Gasteiger partial charge is 0.407 e. The Bertz CT molecular complexity index is 875. The number of ether oxygens (including phenoxy) is 2. The summed E-state index contributed by atoms with van der Waals surface area (Å²) in [7, 11) is -1.18. The third-order valence-corrected chi connectivity index (χ3v) is 6.67. The number of amides is 1. The molecule has 3 rings (SSSR count). The average molecular weight is 445 g/mol. The second-order valence-corrected chi connectivity index (χ2v) is 14.3. The standard InChI is InChI=1S/C18H26ClFN4O4Si/c1-29(2,3)9-8-27-11-24-6-4-12-15(24)21-17(19)22-16(12)28-14-10-23(18(25)26)7-5-13(14)20/h4,6,13-14H,5,7-11H2,1-3H3,(H,25,26)/t13-,14+/m0/s1. The van der Waals surface area contributed by atoms with Crippen LogP contribution in [0, 0.1) is 0 Å². The maximum atomic E-state index is 14.3. The molecule has 8 nitrogen and oxygen atoms in total. The van der Waals surface area contributed by atoms with Crippen molar-refractivity contribution in [2.75, 3.05) is 19.7 Å². The van der Waals surface area contributed by atoms with Crippen molar-refractivity contribution in [3.63, 3.8) is 0 Å². The van der Waals surface area contributed by atoms with Crippen molar-refractivity contribution in [2.45, 2.75) is 51.1 Å². The molecular weight excluding hydrogens is 419 g/mol. The van der Waals surface area contributed by atoms with Crippen molar-refractivity contribution < 1.29 is 23.8 Å². The molecule has 0 radical (unpaired) electrons. The van der Waals surface area contributed by atoms with Gasteiger partial charge in [-0.3, -0.25) is 0 Å². The zero-order valence-electron chi connectivity index (χ0n) is 16.8. The molecule has 3 heterocycles. The van der Waals surface area contributed by atoms with Gasteiger partial charge in [0.05, 0.1) is 11.9 Å². The van der Waals surface area contributed by atoms with Gasteiger partial charge in [-0.1, -0.05) is 19.6 Å². The molecule has 1 aliphatic heterocycles. The molecule has 2 atom stereocenters. The molecule has 11 heteroatoms. The van der Waals surface area contributed by atoms with Gasteiger partial charge in [-0.05, 0) is 23.7 Å². The Kier molecular flexibility index (Phi) is 6.64. The number of aromatic nitrogens is 3. The second-order valence-electron chi connectivity index (χ2n) is 8.36. The quantitative estimate of drug-likeness (QED) is 0.396. The normalized spacial score (nSPS) is 20.2. The number of likely N-dealkylation sites (tertiary alicyclic amines) is 1. The molecule has 0 aromatic carbocycles. The van der Waals surface area contributed by atoms with Crippen LogP contribution in [0.15, 0.2) is 12.3 Å². The van der Waals surface area contributed by atoms with Crippen molar-refractivity contribution in [1.29, 1.82) is 0 Å². The molecule has 160 valence electrons. The van der Waals surface area contributed by atoms with E-state index < -0.39 is 26.4 Å². The molecule has 0 bridgehead atoms. The predicted octanol–water partition coefficient (Wildman–Crippen LogP) is 3.87. The number of rotatable bonds is 7. The van der Waals surface area contributed by atoms with E-state index in [9.17, 15) is 9.18 Å². The molecule has 0 unspecified atom stereocenters. The summed E-state index contributed by atoms with van der Waals surface area (Å²) in [6, 6.07) is 2.81. The van der Waals surface area contributed by atoms with Gasteiger partial charge < -0.3 is 24.0 Å². The van der Waals surface area contributed by atoms with Gasteiger partial charge in [-0.2, -0.15) is 9.97 Å². The molecule has 1 saturated heterocycles. The van der Waals surface area contributed by atoms with E-state index in [1.807, 2.05) is 0 Å². The molecule has 29 heavy (non-hydrogen) atoms. The van der Waals surface area contributed by atoms with Crippen LogP contribution in [0.1, 0.15) is 6.42 Å².